The monoisotopic (exact) mass is 622 g/mol. The molecule has 1 saturated heterocycles. The largest absolute Gasteiger partial charge is 0.459 e. The fourth-order valence-corrected chi connectivity index (χ4v) is 7.06. The molecule has 0 radical (unpaired) electrons. The summed E-state index contributed by atoms with van der Waals surface area (Å²) in [4.78, 5) is 51.3. The van der Waals surface area contributed by atoms with Crippen molar-refractivity contribution in [3.63, 3.8) is 0 Å². The van der Waals surface area contributed by atoms with E-state index in [-0.39, 0.29) is 25.2 Å². The van der Waals surface area contributed by atoms with Gasteiger partial charge in [-0.1, -0.05) is 72.1 Å². The van der Waals surface area contributed by atoms with Crippen molar-refractivity contribution < 1.29 is 48.3 Å². The van der Waals surface area contributed by atoms with Gasteiger partial charge in [0.25, 0.3) is 0 Å². The van der Waals surface area contributed by atoms with E-state index in [0.29, 0.717) is 24.0 Å². The van der Waals surface area contributed by atoms with E-state index in [9.17, 15) is 29.4 Å². The van der Waals surface area contributed by atoms with Gasteiger partial charge in [0.1, 0.15) is 17.8 Å². The van der Waals surface area contributed by atoms with Crippen LogP contribution in [-0.2, 0) is 38.1 Å². The van der Waals surface area contributed by atoms with Crippen LogP contribution in [-0.4, -0.2) is 69.2 Å². The molecule has 0 amide bonds. The Bertz CT molecular complexity index is 1100. The molecule has 1 heterocycles. The summed E-state index contributed by atoms with van der Waals surface area (Å²) in [5.74, 6) is -3.61. The molecule has 1 unspecified atom stereocenters. The van der Waals surface area contributed by atoms with Crippen molar-refractivity contribution in [1.82, 2.24) is 0 Å². The summed E-state index contributed by atoms with van der Waals surface area (Å²) in [7, 11) is 0. The Morgan fingerprint density at radius 3 is 2.14 bits per heavy atom. The van der Waals surface area contributed by atoms with Gasteiger partial charge in [-0.2, -0.15) is 0 Å². The molecular formula is C34H54O10. The van der Waals surface area contributed by atoms with Gasteiger partial charge in [0.15, 0.2) is 17.3 Å². The third-order valence-corrected chi connectivity index (χ3v) is 10.1. The molecule has 44 heavy (non-hydrogen) atoms. The molecule has 10 nitrogen and oxygen atoms in total. The van der Waals surface area contributed by atoms with E-state index in [0.717, 1.165) is 26.2 Å². The Balaban J connectivity index is 1.87. The molecule has 2 N–H and O–H groups in total. The maximum Gasteiger partial charge on any atom is 0.341 e. The average Bonchev–Trinajstić information content (AvgIpc) is 3.34. The average molecular weight is 623 g/mol. The molecule has 2 fully saturated rings. The fourth-order valence-electron chi connectivity index (χ4n) is 7.06. The zero-order chi connectivity index (χ0) is 32.9. The van der Waals surface area contributed by atoms with E-state index in [2.05, 4.69) is 6.92 Å². The second-order valence-electron chi connectivity index (χ2n) is 13.5. The number of ether oxygens (including phenoxy) is 4. The number of carbonyl (C=O) groups excluding carboxylic acids is 4. The van der Waals surface area contributed by atoms with Crippen LogP contribution >= 0.6 is 0 Å². The summed E-state index contributed by atoms with van der Waals surface area (Å²) in [6.45, 7) is 11.6. The highest BCUT2D eigenvalue weighted by atomic mass is 16.6. The lowest BCUT2D eigenvalue weighted by atomic mass is 9.75. The number of unbranched alkanes of at least 4 members (excludes halogenated alkanes) is 8. The molecule has 1 saturated carbocycles. The Morgan fingerprint density at radius 1 is 0.977 bits per heavy atom. The Labute approximate surface area is 262 Å². The minimum Gasteiger partial charge on any atom is -0.459 e. The highest BCUT2D eigenvalue weighted by Gasteiger charge is 2.74. The van der Waals surface area contributed by atoms with Crippen molar-refractivity contribution in [2.45, 2.75) is 167 Å². The minimum absolute atomic E-state index is 0.104. The SMILES string of the molecule is CCCCCCCCCCCC(=O)O[C@H]1C[C@](C)(OC(C)=O)[C@H]2C[C@@H](OC(=O)C(C)CC)C(C)=C2[C@@H]2OC(=O)[C@@](C)(O)[C@@]12O. The number of fused-ring (bicyclic) bond motifs is 3. The highest BCUT2D eigenvalue weighted by molar-refractivity contribution is 5.85. The van der Waals surface area contributed by atoms with Crippen LogP contribution in [0, 0.1) is 11.8 Å². The summed E-state index contributed by atoms with van der Waals surface area (Å²) < 4.78 is 23.3. The van der Waals surface area contributed by atoms with Crippen LogP contribution in [0.5, 0.6) is 0 Å². The van der Waals surface area contributed by atoms with Crippen LogP contribution in [0.4, 0.5) is 0 Å². The maximum absolute atomic E-state index is 13.1. The molecule has 0 aromatic carbocycles. The molecule has 0 aromatic heterocycles. The summed E-state index contributed by atoms with van der Waals surface area (Å²) in [6.07, 6.45) is 6.81. The first-order valence-corrected chi connectivity index (χ1v) is 16.6. The molecule has 0 bridgehead atoms. The van der Waals surface area contributed by atoms with Crippen molar-refractivity contribution in [3.05, 3.63) is 11.1 Å². The maximum atomic E-state index is 13.1. The van der Waals surface area contributed by atoms with Crippen LogP contribution in [0.3, 0.4) is 0 Å². The molecule has 8 atom stereocenters. The van der Waals surface area contributed by atoms with Gasteiger partial charge < -0.3 is 29.2 Å². The lowest BCUT2D eigenvalue weighted by molar-refractivity contribution is -0.210. The molecule has 250 valence electrons. The predicted molar refractivity (Wildman–Crippen MR) is 162 cm³/mol. The predicted octanol–water partition coefficient (Wildman–Crippen LogP) is 5.25. The first-order chi connectivity index (χ1) is 20.6. The van der Waals surface area contributed by atoms with E-state index in [1.165, 1.54) is 39.0 Å². The van der Waals surface area contributed by atoms with Crippen molar-refractivity contribution in [1.29, 1.82) is 0 Å². The standard InChI is InChI=1S/C34H54O10/c1-8-10-11-12-13-14-15-16-17-18-27(36)42-26-20-32(6,44-23(5)35)24-19-25(41-30(37)21(3)9-2)22(4)28(24)29-34(26,40)33(7,39)31(38)43-29/h21,24-26,29,39-40H,8-20H2,1-7H3/t21?,24-,25+,26-,29-,32-,33+,34+/m0/s1. The van der Waals surface area contributed by atoms with Crippen LogP contribution in [0.25, 0.3) is 0 Å². The summed E-state index contributed by atoms with van der Waals surface area (Å²) in [5.41, 5.74) is -5.22. The smallest absolute Gasteiger partial charge is 0.341 e. The lowest BCUT2D eigenvalue weighted by Gasteiger charge is -2.41. The number of hydrogen-bond donors (Lipinski definition) is 2. The third kappa shape index (κ3) is 7.33. The van der Waals surface area contributed by atoms with E-state index >= 15 is 0 Å². The van der Waals surface area contributed by atoms with E-state index in [4.69, 9.17) is 18.9 Å². The van der Waals surface area contributed by atoms with E-state index < -0.39 is 64.9 Å². The quantitative estimate of drug-likeness (QED) is 0.108. The van der Waals surface area contributed by atoms with Gasteiger partial charge in [0.2, 0.25) is 0 Å². The minimum atomic E-state index is -2.44. The van der Waals surface area contributed by atoms with Crippen molar-refractivity contribution >= 4 is 23.9 Å². The number of hydrogen-bond acceptors (Lipinski definition) is 10. The number of aliphatic hydroxyl groups is 2. The van der Waals surface area contributed by atoms with Gasteiger partial charge >= 0.3 is 23.9 Å². The van der Waals surface area contributed by atoms with E-state index in [1.807, 2.05) is 6.92 Å². The molecule has 2 aliphatic carbocycles. The van der Waals surface area contributed by atoms with E-state index in [1.54, 1.807) is 20.8 Å². The normalized spacial score (nSPS) is 33.6. The van der Waals surface area contributed by atoms with Crippen LogP contribution in [0.1, 0.15) is 132 Å². The van der Waals surface area contributed by atoms with Gasteiger partial charge in [0.05, 0.1) is 5.92 Å². The third-order valence-electron chi connectivity index (χ3n) is 10.1. The number of carbonyl (C=O) groups is 4. The Kier molecular flexibility index (Phi) is 12.1. The molecular weight excluding hydrogens is 568 g/mol. The van der Waals surface area contributed by atoms with Gasteiger partial charge in [0, 0.05) is 25.7 Å². The van der Waals surface area contributed by atoms with Gasteiger partial charge in [-0.25, -0.2) is 4.79 Å². The Morgan fingerprint density at radius 2 is 1.57 bits per heavy atom. The van der Waals surface area contributed by atoms with Gasteiger partial charge in [-0.3, -0.25) is 14.4 Å². The number of esters is 4. The van der Waals surface area contributed by atoms with Crippen LogP contribution in [0.2, 0.25) is 0 Å². The van der Waals surface area contributed by atoms with Crippen LogP contribution < -0.4 is 0 Å². The first kappa shape index (κ1) is 36.0. The molecule has 10 heteroatoms. The van der Waals surface area contributed by atoms with Crippen molar-refractivity contribution in [2.75, 3.05) is 0 Å². The van der Waals surface area contributed by atoms with Crippen molar-refractivity contribution in [2.24, 2.45) is 11.8 Å². The second-order valence-corrected chi connectivity index (χ2v) is 13.5. The molecule has 0 aromatic rings. The molecule has 3 aliphatic rings. The summed E-state index contributed by atoms with van der Waals surface area (Å²) in [5, 5.41) is 23.7. The first-order valence-electron chi connectivity index (χ1n) is 16.6. The lowest BCUT2D eigenvalue weighted by Crippen LogP contribution is -2.64. The summed E-state index contributed by atoms with van der Waals surface area (Å²) in [6, 6.07) is 0. The zero-order valence-electron chi connectivity index (χ0n) is 27.7. The highest BCUT2D eigenvalue weighted by Crippen LogP contribution is 2.56. The molecule has 0 spiro atoms. The molecule has 1 aliphatic heterocycles. The Hall–Kier alpha value is -2.46. The topological polar surface area (TPSA) is 146 Å². The summed E-state index contributed by atoms with van der Waals surface area (Å²) >= 11 is 0. The fraction of sp³-hybridized carbons (Fsp3) is 0.824. The second kappa shape index (κ2) is 14.8. The van der Waals surface area contributed by atoms with Gasteiger partial charge in [-0.05, 0) is 51.2 Å². The van der Waals surface area contributed by atoms with Crippen LogP contribution in [0.15, 0.2) is 11.1 Å². The molecule has 3 rings (SSSR count). The number of rotatable bonds is 15. The van der Waals surface area contributed by atoms with Gasteiger partial charge in [-0.15, -0.1) is 0 Å². The zero-order valence-corrected chi connectivity index (χ0v) is 27.7. The van der Waals surface area contributed by atoms with Crippen molar-refractivity contribution in [3.8, 4) is 0 Å².